The number of hydrogen-bond acceptors (Lipinski definition) is 3. The van der Waals surface area contributed by atoms with E-state index in [1.54, 1.807) is 6.20 Å². The van der Waals surface area contributed by atoms with E-state index in [1.165, 1.54) is 5.56 Å². The first-order chi connectivity index (χ1) is 10.8. The number of hydrogen-bond donors (Lipinski definition) is 0. The van der Waals surface area contributed by atoms with Crippen LogP contribution in [0.4, 0.5) is 11.5 Å². The molecule has 1 amide bonds. The lowest BCUT2D eigenvalue weighted by atomic mass is 10.1. The van der Waals surface area contributed by atoms with E-state index in [0.29, 0.717) is 6.42 Å². The van der Waals surface area contributed by atoms with Crippen molar-refractivity contribution in [2.24, 2.45) is 0 Å². The number of nitrogens with zero attached hydrogens (tertiary/aromatic N) is 3. The third-order valence-corrected chi connectivity index (χ3v) is 3.93. The van der Waals surface area contributed by atoms with E-state index in [2.05, 4.69) is 34.1 Å². The summed E-state index contributed by atoms with van der Waals surface area (Å²) < 4.78 is 0. The molecule has 1 aromatic heterocycles. The number of rotatable bonds is 4. The summed E-state index contributed by atoms with van der Waals surface area (Å²) in [6.07, 6.45) is 3.26. The zero-order chi connectivity index (χ0) is 15.4. The lowest BCUT2D eigenvalue weighted by Crippen LogP contribution is -2.44. The van der Waals surface area contributed by atoms with Gasteiger partial charge in [-0.05, 0) is 24.1 Å². The van der Waals surface area contributed by atoms with Crippen molar-refractivity contribution in [2.45, 2.75) is 26.3 Å². The highest BCUT2D eigenvalue weighted by Crippen LogP contribution is 2.32. The zero-order valence-electron chi connectivity index (χ0n) is 12.9. The maximum absolute atomic E-state index is 12.3. The van der Waals surface area contributed by atoms with Gasteiger partial charge in [0, 0.05) is 32.3 Å². The molecule has 0 radical (unpaired) electrons. The van der Waals surface area contributed by atoms with Crippen LogP contribution >= 0.6 is 0 Å². The summed E-state index contributed by atoms with van der Waals surface area (Å²) in [6.45, 7) is 4.40. The van der Waals surface area contributed by atoms with Gasteiger partial charge in [0.1, 0.15) is 0 Å². The normalized spacial score (nSPS) is 13.9. The van der Waals surface area contributed by atoms with Crippen LogP contribution in [0.1, 0.15) is 25.3 Å². The Kier molecular flexibility index (Phi) is 4.37. The summed E-state index contributed by atoms with van der Waals surface area (Å²) in [4.78, 5) is 21.0. The van der Waals surface area contributed by atoms with Crippen LogP contribution in [0.25, 0.3) is 0 Å². The second kappa shape index (κ2) is 6.60. The van der Waals surface area contributed by atoms with E-state index < -0.39 is 0 Å². The van der Waals surface area contributed by atoms with Gasteiger partial charge in [-0.1, -0.05) is 37.3 Å². The Morgan fingerprint density at radius 2 is 1.95 bits per heavy atom. The topological polar surface area (TPSA) is 36.4 Å². The van der Waals surface area contributed by atoms with E-state index in [0.717, 1.165) is 37.6 Å². The molecule has 0 saturated carbocycles. The number of pyridine rings is 1. The van der Waals surface area contributed by atoms with Gasteiger partial charge in [0.15, 0.2) is 5.82 Å². The number of carbonyl (C=O) groups excluding carboxylic acids is 1. The van der Waals surface area contributed by atoms with Crippen molar-refractivity contribution in [3.8, 4) is 0 Å². The minimum absolute atomic E-state index is 0.191. The summed E-state index contributed by atoms with van der Waals surface area (Å²) in [5, 5.41) is 0. The van der Waals surface area contributed by atoms with Gasteiger partial charge in [-0.15, -0.1) is 0 Å². The first-order valence-corrected chi connectivity index (χ1v) is 7.84. The number of benzene rings is 1. The van der Waals surface area contributed by atoms with Gasteiger partial charge in [-0.3, -0.25) is 4.79 Å². The lowest BCUT2D eigenvalue weighted by molar-refractivity contribution is -0.118. The van der Waals surface area contributed by atoms with E-state index >= 15 is 0 Å². The van der Waals surface area contributed by atoms with Gasteiger partial charge in [-0.2, -0.15) is 0 Å². The van der Waals surface area contributed by atoms with Crippen LogP contribution in [-0.4, -0.2) is 24.0 Å². The molecular weight excluding hydrogens is 274 g/mol. The highest BCUT2D eigenvalue weighted by atomic mass is 16.2. The number of aromatic nitrogens is 1. The van der Waals surface area contributed by atoms with Crippen molar-refractivity contribution in [2.75, 3.05) is 22.9 Å². The quantitative estimate of drug-likeness (QED) is 0.869. The number of carbonyl (C=O) groups is 1. The van der Waals surface area contributed by atoms with Gasteiger partial charge in [-0.25, -0.2) is 4.98 Å². The van der Waals surface area contributed by atoms with Gasteiger partial charge < -0.3 is 9.80 Å². The van der Waals surface area contributed by atoms with E-state index in [1.807, 2.05) is 30.0 Å². The number of anilines is 2. The van der Waals surface area contributed by atoms with Crippen LogP contribution in [0.5, 0.6) is 0 Å². The minimum atomic E-state index is 0.191. The molecule has 0 N–H and O–H groups in total. The maximum Gasteiger partial charge on any atom is 0.227 e. The first kappa shape index (κ1) is 14.6. The number of fused-ring (bicyclic) bond motifs is 1. The summed E-state index contributed by atoms with van der Waals surface area (Å²) in [5.41, 5.74) is 2.19. The summed E-state index contributed by atoms with van der Waals surface area (Å²) in [7, 11) is 0. The molecule has 1 aliphatic rings. The number of amides is 1. The molecule has 2 aromatic rings. The fraction of sp³-hybridized carbons (Fsp3) is 0.333. The maximum atomic E-state index is 12.3. The Labute approximate surface area is 131 Å². The third kappa shape index (κ3) is 2.96. The largest absolute Gasteiger partial charge is 0.349 e. The zero-order valence-corrected chi connectivity index (χ0v) is 12.9. The average Bonchev–Trinajstić information content (AvgIpc) is 2.56. The Morgan fingerprint density at radius 3 is 2.73 bits per heavy atom. The molecule has 0 unspecified atom stereocenters. The monoisotopic (exact) mass is 295 g/mol. The molecule has 114 valence electrons. The molecule has 1 aromatic carbocycles. The molecule has 0 bridgehead atoms. The fourth-order valence-electron chi connectivity index (χ4n) is 2.86. The van der Waals surface area contributed by atoms with Crippen molar-refractivity contribution >= 4 is 17.4 Å². The Balaban J connectivity index is 1.86. The van der Waals surface area contributed by atoms with E-state index in [9.17, 15) is 4.79 Å². The Bertz CT molecular complexity index is 642. The first-order valence-electron chi connectivity index (χ1n) is 7.84. The second-order valence-electron chi connectivity index (χ2n) is 5.55. The van der Waals surface area contributed by atoms with Gasteiger partial charge in [0.25, 0.3) is 0 Å². The van der Waals surface area contributed by atoms with Crippen molar-refractivity contribution < 1.29 is 4.79 Å². The summed E-state index contributed by atoms with van der Waals surface area (Å²) >= 11 is 0. The van der Waals surface area contributed by atoms with Crippen molar-refractivity contribution in [1.82, 2.24) is 4.98 Å². The summed E-state index contributed by atoms with van der Waals surface area (Å²) in [5.74, 6) is 1.10. The molecule has 0 fully saturated rings. The lowest BCUT2D eigenvalue weighted by Gasteiger charge is -2.36. The molecule has 22 heavy (non-hydrogen) atoms. The SMILES string of the molecule is CCCC(=O)N1CCN(Cc2ccccc2)c2ncccc21. The minimum Gasteiger partial charge on any atom is -0.349 e. The van der Waals surface area contributed by atoms with Crippen LogP contribution in [0.2, 0.25) is 0 Å². The Morgan fingerprint density at radius 1 is 1.14 bits per heavy atom. The molecule has 0 spiro atoms. The van der Waals surface area contributed by atoms with Gasteiger partial charge >= 0.3 is 0 Å². The molecular formula is C18H21N3O. The Hall–Kier alpha value is -2.36. The highest BCUT2D eigenvalue weighted by Gasteiger charge is 2.27. The average molecular weight is 295 g/mol. The fourth-order valence-corrected chi connectivity index (χ4v) is 2.86. The smallest absolute Gasteiger partial charge is 0.227 e. The van der Waals surface area contributed by atoms with Gasteiger partial charge in [0.05, 0.1) is 5.69 Å². The van der Waals surface area contributed by atoms with Crippen LogP contribution in [0.3, 0.4) is 0 Å². The van der Waals surface area contributed by atoms with Crippen LogP contribution in [0, 0.1) is 0 Å². The van der Waals surface area contributed by atoms with Crippen LogP contribution in [0.15, 0.2) is 48.7 Å². The van der Waals surface area contributed by atoms with Crippen LogP contribution < -0.4 is 9.80 Å². The molecule has 2 heterocycles. The van der Waals surface area contributed by atoms with Crippen molar-refractivity contribution in [3.05, 3.63) is 54.2 Å². The second-order valence-corrected chi connectivity index (χ2v) is 5.55. The third-order valence-electron chi connectivity index (χ3n) is 3.93. The predicted molar refractivity (Wildman–Crippen MR) is 89.0 cm³/mol. The summed E-state index contributed by atoms with van der Waals surface area (Å²) in [6, 6.07) is 14.3. The molecule has 0 aliphatic carbocycles. The van der Waals surface area contributed by atoms with Gasteiger partial charge in [0.2, 0.25) is 5.91 Å². The van der Waals surface area contributed by atoms with E-state index in [-0.39, 0.29) is 5.91 Å². The predicted octanol–water partition coefficient (Wildman–Crippen LogP) is 3.23. The molecule has 0 saturated heterocycles. The highest BCUT2D eigenvalue weighted by molar-refractivity contribution is 5.97. The molecule has 0 atom stereocenters. The standard InChI is InChI=1S/C18H21N3O/c1-2-7-17(22)21-13-12-20(14-15-8-4-3-5-9-15)18-16(21)10-6-11-19-18/h3-6,8-11H,2,7,12-14H2,1H3. The van der Waals surface area contributed by atoms with Crippen molar-refractivity contribution in [1.29, 1.82) is 0 Å². The van der Waals surface area contributed by atoms with Crippen LogP contribution in [-0.2, 0) is 11.3 Å². The molecule has 1 aliphatic heterocycles. The van der Waals surface area contributed by atoms with Crippen molar-refractivity contribution in [3.63, 3.8) is 0 Å². The molecule has 4 heteroatoms. The molecule has 3 rings (SSSR count). The molecule has 4 nitrogen and oxygen atoms in total. The van der Waals surface area contributed by atoms with E-state index in [4.69, 9.17) is 0 Å².